The lowest BCUT2D eigenvalue weighted by Gasteiger charge is -2.22. The van der Waals surface area contributed by atoms with Gasteiger partial charge in [-0.15, -0.1) is 11.6 Å². The molecule has 0 unspecified atom stereocenters. The van der Waals surface area contributed by atoms with E-state index in [0.717, 1.165) is 37.2 Å². The van der Waals surface area contributed by atoms with Crippen molar-refractivity contribution in [3.63, 3.8) is 0 Å². The maximum atomic E-state index is 11.8. The molecule has 0 saturated heterocycles. The van der Waals surface area contributed by atoms with E-state index in [4.69, 9.17) is 16.3 Å². The molecule has 0 N–H and O–H groups in total. The number of alkyl halides is 1. The molecule has 1 amide bonds. The number of hydrogen-bond acceptors (Lipinski definition) is 2. The number of fused-ring (bicyclic) bond motifs is 1. The molecule has 3 nitrogen and oxygen atoms in total. The SMILES string of the molecule is COc1ccc2c(c1)N(C(=O)CCl)CCCC2. The Labute approximate surface area is 106 Å². The molecule has 1 aromatic rings. The number of benzene rings is 1. The van der Waals surface area contributed by atoms with Crippen molar-refractivity contribution < 1.29 is 9.53 Å². The van der Waals surface area contributed by atoms with Gasteiger partial charge in [0.2, 0.25) is 5.91 Å². The lowest BCUT2D eigenvalue weighted by atomic mass is 10.1. The molecule has 92 valence electrons. The van der Waals surface area contributed by atoms with Crippen LogP contribution in [0.2, 0.25) is 0 Å². The van der Waals surface area contributed by atoms with E-state index in [2.05, 4.69) is 0 Å². The molecular formula is C13H16ClNO2. The fourth-order valence-electron chi connectivity index (χ4n) is 2.17. The van der Waals surface area contributed by atoms with Crippen LogP contribution in [-0.2, 0) is 11.2 Å². The van der Waals surface area contributed by atoms with Gasteiger partial charge in [-0.25, -0.2) is 0 Å². The number of hydrogen-bond donors (Lipinski definition) is 0. The number of carbonyl (C=O) groups is 1. The molecule has 0 bridgehead atoms. The van der Waals surface area contributed by atoms with E-state index < -0.39 is 0 Å². The summed E-state index contributed by atoms with van der Waals surface area (Å²) in [5.41, 5.74) is 2.15. The van der Waals surface area contributed by atoms with Gasteiger partial charge in [0.25, 0.3) is 0 Å². The maximum Gasteiger partial charge on any atom is 0.241 e. The lowest BCUT2D eigenvalue weighted by molar-refractivity contribution is -0.116. The standard InChI is InChI=1S/C13H16ClNO2/c1-17-11-6-5-10-4-2-3-7-15(12(10)8-11)13(16)9-14/h5-6,8H,2-4,7,9H2,1H3. The Morgan fingerprint density at radius 1 is 1.47 bits per heavy atom. The highest BCUT2D eigenvalue weighted by atomic mass is 35.5. The van der Waals surface area contributed by atoms with Crippen LogP contribution in [0.3, 0.4) is 0 Å². The number of methoxy groups -OCH3 is 1. The molecular weight excluding hydrogens is 238 g/mol. The first-order valence-electron chi connectivity index (χ1n) is 5.79. The molecule has 1 heterocycles. The van der Waals surface area contributed by atoms with Crippen molar-refractivity contribution >= 4 is 23.2 Å². The van der Waals surface area contributed by atoms with Crippen LogP contribution in [0.4, 0.5) is 5.69 Å². The van der Waals surface area contributed by atoms with Crippen molar-refractivity contribution in [1.29, 1.82) is 0 Å². The summed E-state index contributed by atoms with van der Waals surface area (Å²) in [4.78, 5) is 13.6. The summed E-state index contributed by atoms with van der Waals surface area (Å²) in [6.07, 6.45) is 3.12. The predicted octanol–water partition coefficient (Wildman–Crippen LogP) is 2.60. The predicted molar refractivity (Wildman–Crippen MR) is 69.0 cm³/mol. The van der Waals surface area contributed by atoms with Gasteiger partial charge in [-0.2, -0.15) is 0 Å². The molecule has 0 saturated carbocycles. The van der Waals surface area contributed by atoms with E-state index >= 15 is 0 Å². The van der Waals surface area contributed by atoms with E-state index in [-0.39, 0.29) is 11.8 Å². The minimum Gasteiger partial charge on any atom is -0.497 e. The van der Waals surface area contributed by atoms with E-state index in [1.54, 1.807) is 12.0 Å². The van der Waals surface area contributed by atoms with Gasteiger partial charge in [-0.05, 0) is 30.9 Å². The van der Waals surface area contributed by atoms with Crippen LogP contribution < -0.4 is 9.64 Å². The van der Waals surface area contributed by atoms with Crippen LogP contribution in [0, 0.1) is 0 Å². The van der Waals surface area contributed by atoms with Gasteiger partial charge in [0.05, 0.1) is 12.8 Å². The zero-order valence-corrected chi connectivity index (χ0v) is 10.7. The molecule has 0 fully saturated rings. The molecule has 1 aliphatic rings. The fourth-order valence-corrected chi connectivity index (χ4v) is 2.31. The van der Waals surface area contributed by atoms with E-state index in [9.17, 15) is 4.79 Å². The smallest absolute Gasteiger partial charge is 0.241 e. The van der Waals surface area contributed by atoms with Gasteiger partial charge >= 0.3 is 0 Å². The van der Waals surface area contributed by atoms with E-state index in [0.29, 0.717) is 0 Å². The second-order valence-electron chi connectivity index (χ2n) is 4.13. The molecule has 1 aromatic carbocycles. The molecule has 0 atom stereocenters. The summed E-state index contributed by atoms with van der Waals surface area (Å²) >= 11 is 5.66. The Balaban J connectivity index is 2.41. The molecule has 17 heavy (non-hydrogen) atoms. The van der Waals surface area contributed by atoms with Gasteiger partial charge in [0, 0.05) is 12.6 Å². The minimum absolute atomic E-state index is 0.0245. The fraction of sp³-hybridized carbons (Fsp3) is 0.462. The van der Waals surface area contributed by atoms with Gasteiger partial charge in [-0.1, -0.05) is 6.07 Å². The van der Waals surface area contributed by atoms with Gasteiger partial charge in [0.15, 0.2) is 0 Å². The third-order valence-corrected chi connectivity index (χ3v) is 3.31. The van der Waals surface area contributed by atoms with Crippen LogP contribution in [0.15, 0.2) is 18.2 Å². The van der Waals surface area contributed by atoms with Crippen molar-refractivity contribution in [2.24, 2.45) is 0 Å². The second kappa shape index (κ2) is 5.41. The summed E-state index contributed by atoms with van der Waals surface area (Å²) in [5.74, 6) is 0.762. The number of anilines is 1. The molecule has 2 rings (SSSR count). The van der Waals surface area contributed by atoms with Crippen LogP contribution >= 0.6 is 11.6 Å². The minimum atomic E-state index is -0.0388. The van der Waals surface area contributed by atoms with Crippen molar-refractivity contribution in [3.05, 3.63) is 23.8 Å². The third kappa shape index (κ3) is 2.55. The van der Waals surface area contributed by atoms with Gasteiger partial charge in [0.1, 0.15) is 11.6 Å². The number of amides is 1. The summed E-state index contributed by atoms with van der Waals surface area (Å²) in [6, 6.07) is 5.90. The van der Waals surface area contributed by atoms with Crippen LogP contribution in [0.5, 0.6) is 5.75 Å². The molecule has 0 radical (unpaired) electrons. The van der Waals surface area contributed by atoms with E-state index in [1.165, 1.54) is 5.56 Å². The molecule has 0 aromatic heterocycles. The Hall–Kier alpha value is -1.22. The number of nitrogens with zero attached hydrogens (tertiary/aromatic N) is 1. The Morgan fingerprint density at radius 2 is 2.29 bits per heavy atom. The van der Waals surface area contributed by atoms with Crippen LogP contribution in [0.1, 0.15) is 18.4 Å². The number of aryl methyl sites for hydroxylation is 1. The average molecular weight is 254 g/mol. The number of halogens is 1. The third-order valence-electron chi connectivity index (χ3n) is 3.08. The summed E-state index contributed by atoms with van der Waals surface area (Å²) in [5, 5.41) is 0. The number of ether oxygens (including phenoxy) is 1. The summed E-state index contributed by atoms with van der Waals surface area (Å²) in [6.45, 7) is 0.742. The van der Waals surface area contributed by atoms with Crippen molar-refractivity contribution in [1.82, 2.24) is 0 Å². The lowest BCUT2D eigenvalue weighted by Crippen LogP contribution is -2.32. The molecule has 0 aliphatic carbocycles. The van der Waals surface area contributed by atoms with Crippen LogP contribution in [0.25, 0.3) is 0 Å². The highest BCUT2D eigenvalue weighted by Crippen LogP contribution is 2.30. The Bertz CT molecular complexity index is 420. The summed E-state index contributed by atoms with van der Waals surface area (Å²) < 4.78 is 5.21. The van der Waals surface area contributed by atoms with Crippen molar-refractivity contribution in [3.8, 4) is 5.75 Å². The first-order valence-corrected chi connectivity index (χ1v) is 6.33. The highest BCUT2D eigenvalue weighted by molar-refractivity contribution is 6.29. The zero-order valence-electron chi connectivity index (χ0n) is 9.91. The normalized spacial score (nSPS) is 15.1. The summed E-state index contributed by atoms with van der Waals surface area (Å²) in [7, 11) is 1.63. The zero-order chi connectivity index (χ0) is 12.3. The van der Waals surface area contributed by atoms with Crippen LogP contribution in [-0.4, -0.2) is 25.4 Å². The Morgan fingerprint density at radius 3 is 3.00 bits per heavy atom. The highest BCUT2D eigenvalue weighted by Gasteiger charge is 2.20. The van der Waals surface area contributed by atoms with E-state index in [1.807, 2.05) is 18.2 Å². The largest absolute Gasteiger partial charge is 0.497 e. The number of rotatable bonds is 2. The monoisotopic (exact) mass is 253 g/mol. The van der Waals surface area contributed by atoms with Gasteiger partial charge < -0.3 is 9.64 Å². The second-order valence-corrected chi connectivity index (χ2v) is 4.40. The number of carbonyl (C=O) groups excluding carboxylic acids is 1. The average Bonchev–Trinajstić information content (AvgIpc) is 2.59. The molecule has 4 heteroatoms. The topological polar surface area (TPSA) is 29.5 Å². The first-order chi connectivity index (χ1) is 8.26. The molecule has 1 aliphatic heterocycles. The first kappa shape index (κ1) is 12.2. The Kier molecular flexibility index (Phi) is 3.89. The van der Waals surface area contributed by atoms with Gasteiger partial charge in [-0.3, -0.25) is 4.79 Å². The van der Waals surface area contributed by atoms with Crippen molar-refractivity contribution in [2.75, 3.05) is 24.4 Å². The van der Waals surface area contributed by atoms with Crippen molar-refractivity contribution in [2.45, 2.75) is 19.3 Å². The quantitative estimate of drug-likeness (QED) is 0.759. The maximum absolute atomic E-state index is 11.8. The molecule has 0 spiro atoms.